The van der Waals surface area contributed by atoms with E-state index in [0.29, 0.717) is 33.5 Å². The first-order valence-electron chi connectivity index (χ1n) is 9.96. The molecule has 1 heterocycles. The Morgan fingerprint density at radius 2 is 1.79 bits per heavy atom. The fourth-order valence-corrected chi connectivity index (χ4v) is 3.85. The van der Waals surface area contributed by atoms with Crippen LogP contribution < -0.4 is 9.47 Å². The molecule has 0 N–H and O–H groups in total. The molecule has 8 heteroatoms. The van der Waals surface area contributed by atoms with Crippen LogP contribution in [0.5, 0.6) is 11.5 Å². The second kappa shape index (κ2) is 10.1. The van der Waals surface area contributed by atoms with Crippen molar-refractivity contribution < 1.29 is 23.8 Å². The van der Waals surface area contributed by atoms with E-state index in [-0.39, 0.29) is 17.3 Å². The topological polar surface area (TPSA) is 74.2 Å². The second-order valence-electron chi connectivity index (χ2n) is 6.86. The lowest BCUT2D eigenvalue weighted by atomic mass is 10.1. The predicted octanol–water partition coefficient (Wildman–Crippen LogP) is 6.17. The Morgan fingerprint density at radius 1 is 1.06 bits per heavy atom. The van der Waals surface area contributed by atoms with Crippen LogP contribution in [0.3, 0.4) is 0 Å². The van der Waals surface area contributed by atoms with Gasteiger partial charge in [0.15, 0.2) is 17.2 Å². The molecule has 1 aliphatic heterocycles. The first-order valence-corrected chi connectivity index (χ1v) is 11.5. The molecule has 0 radical (unpaired) electrons. The molecule has 33 heavy (non-hydrogen) atoms. The summed E-state index contributed by atoms with van der Waals surface area (Å²) in [5.74, 6) is -0.225. The van der Waals surface area contributed by atoms with E-state index < -0.39 is 11.9 Å². The van der Waals surface area contributed by atoms with E-state index in [9.17, 15) is 9.59 Å². The predicted molar refractivity (Wildman–Crippen MR) is 131 cm³/mol. The van der Waals surface area contributed by atoms with Crippen LogP contribution in [-0.4, -0.2) is 24.4 Å². The molecule has 0 saturated heterocycles. The lowest BCUT2D eigenvalue weighted by Gasteiger charge is -2.13. The summed E-state index contributed by atoms with van der Waals surface area (Å²) in [6.45, 7) is 2.18. The Labute approximate surface area is 207 Å². The number of nitrogens with zero attached hydrogens (tertiary/aromatic N) is 1. The largest absolute Gasteiger partial charge is 0.490 e. The van der Waals surface area contributed by atoms with Crippen molar-refractivity contribution in [3.63, 3.8) is 0 Å². The maximum absolute atomic E-state index is 12.5. The Morgan fingerprint density at radius 3 is 2.48 bits per heavy atom. The zero-order chi connectivity index (χ0) is 23.4. The zero-order valence-corrected chi connectivity index (χ0v) is 20.6. The van der Waals surface area contributed by atoms with Crippen LogP contribution in [0.4, 0.5) is 0 Å². The van der Waals surface area contributed by atoms with Gasteiger partial charge in [0.1, 0.15) is 0 Å². The van der Waals surface area contributed by atoms with Gasteiger partial charge in [0, 0.05) is 10.0 Å². The molecule has 0 bridgehead atoms. The van der Waals surface area contributed by atoms with Gasteiger partial charge in [-0.2, -0.15) is 0 Å². The van der Waals surface area contributed by atoms with Crippen molar-refractivity contribution in [2.75, 3.05) is 6.61 Å². The normalized spacial score (nSPS) is 14.1. The van der Waals surface area contributed by atoms with E-state index in [1.807, 2.05) is 25.1 Å². The van der Waals surface area contributed by atoms with Gasteiger partial charge in [-0.25, -0.2) is 14.6 Å². The molecule has 3 aromatic carbocycles. The van der Waals surface area contributed by atoms with Crippen molar-refractivity contribution >= 4 is 55.8 Å². The van der Waals surface area contributed by atoms with Gasteiger partial charge in [0.05, 0.1) is 16.6 Å². The molecule has 0 aliphatic carbocycles. The molecule has 3 aromatic rings. The number of carbonyl (C=O) groups excluding carboxylic acids is 2. The number of rotatable bonds is 6. The first-order chi connectivity index (χ1) is 15.9. The van der Waals surface area contributed by atoms with Crippen LogP contribution in [0.15, 0.2) is 86.4 Å². The molecule has 0 saturated carbocycles. The van der Waals surface area contributed by atoms with Gasteiger partial charge in [-0.15, -0.1) is 0 Å². The number of halogens is 2. The average molecular weight is 571 g/mol. The second-order valence-corrected chi connectivity index (χ2v) is 8.63. The zero-order valence-electron chi connectivity index (χ0n) is 17.4. The van der Waals surface area contributed by atoms with Gasteiger partial charge in [-0.3, -0.25) is 0 Å². The van der Waals surface area contributed by atoms with Crippen LogP contribution in [0.2, 0.25) is 0 Å². The number of esters is 2. The summed E-state index contributed by atoms with van der Waals surface area (Å²) in [5.41, 5.74) is 1.88. The highest BCUT2D eigenvalue weighted by Gasteiger charge is 2.25. The number of cyclic esters (lactones) is 1. The first kappa shape index (κ1) is 22.9. The number of ether oxygens (including phenoxy) is 3. The quantitative estimate of drug-likeness (QED) is 0.201. The van der Waals surface area contributed by atoms with E-state index in [1.165, 1.54) is 0 Å². The maximum Gasteiger partial charge on any atom is 0.363 e. The molecule has 1 aliphatic rings. The highest BCUT2D eigenvalue weighted by atomic mass is 79.9. The minimum absolute atomic E-state index is 0.149. The molecular formula is C25H17Br2NO5. The van der Waals surface area contributed by atoms with Crippen LogP contribution >= 0.6 is 31.9 Å². The van der Waals surface area contributed by atoms with E-state index in [1.54, 1.807) is 54.6 Å². The Kier molecular flexibility index (Phi) is 7.05. The molecule has 0 amide bonds. The van der Waals surface area contributed by atoms with E-state index in [0.717, 1.165) is 4.47 Å². The summed E-state index contributed by atoms with van der Waals surface area (Å²) in [6, 6.07) is 19.4. The maximum atomic E-state index is 12.5. The van der Waals surface area contributed by atoms with Crippen molar-refractivity contribution in [3.05, 3.63) is 98.1 Å². The van der Waals surface area contributed by atoms with E-state index in [2.05, 4.69) is 36.9 Å². The number of hydrogen-bond donors (Lipinski definition) is 0. The summed E-state index contributed by atoms with van der Waals surface area (Å²) >= 11 is 6.82. The molecule has 4 rings (SSSR count). The summed E-state index contributed by atoms with van der Waals surface area (Å²) in [6.07, 6.45) is 1.59. The third-order valence-electron chi connectivity index (χ3n) is 4.55. The molecule has 0 aromatic heterocycles. The lowest BCUT2D eigenvalue weighted by Crippen LogP contribution is -2.10. The average Bonchev–Trinajstić information content (AvgIpc) is 3.17. The number of carbonyl (C=O) groups is 2. The van der Waals surface area contributed by atoms with Crippen LogP contribution in [-0.2, 0) is 9.53 Å². The summed E-state index contributed by atoms with van der Waals surface area (Å²) < 4.78 is 18.0. The summed E-state index contributed by atoms with van der Waals surface area (Å²) in [5, 5.41) is 0. The fourth-order valence-electron chi connectivity index (χ4n) is 3.04. The van der Waals surface area contributed by atoms with E-state index >= 15 is 0 Å². The number of aliphatic imine (C=N–C) groups is 1. The Balaban J connectivity index is 1.64. The van der Waals surface area contributed by atoms with Crippen molar-refractivity contribution in [3.8, 4) is 11.5 Å². The standard InChI is InChI=1S/C25H17Br2NO5/c1-2-31-21-14-15(12-19(27)22(21)32-24(29)17-6-4-3-5-7-17)13-20-25(30)33-23(28-20)16-8-10-18(26)11-9-16/h3-14H,2H2,1H3/b20-13-. The van der Waals surface area contributed by atoms with Crippen molar-refractivity contribution in [1.29, 1.82) is 0 Å². The van der Waals surface area contributed by atoms with Crippen LogP contribution in [0.1, 0.15) is 28.4 Å². The Bertz CT molecular complexity index is 1270. The molecule has 6 nitrogen and oxygen atoms in total. The molecule has 0 atom stereocenters. The van der Waals surface area contributed by atoms with Crippen molar-refractivity contribution in [2.45, 2.75) is 6.92 Å². The van der Waals surface area contributed by atoms with Gasteiger partial charge in [-0.1, -0.05) is 34.1 Å². The minimum Gasteiger partial charge on any atom is -0.490 e. The number of hydrogen-bond acceptors (Lipinski definition) is 6. The molecule has 0 spiro atoms. The third-order valence-corrected chi connectivity index (χ3v) is 5.67. The fraction of sp³-hybridized carbons (Fsp3) is 0.0800. The van der Waals surface area contributed by atoms with Gasteiger partial charge in [0.25, 0.3) is 0 Å². The summed E-state index contributed by atoms with van der Waals surface area (Å²) in [7, 11) is 0. The number of benzene rings is 3. The highest BCUT2D eigenvalue weighted by molar-refractivity contribution is 9.10. The van der Waals surface area contributed by atoms with E-state index in [4.69, 9.17) is 14.2 Å². The smallest absolute Gasteiger partial charge is 0.363 e. The molecule has 166 valence electrons. The van der Waals surface area contributed by atoms with Crippen LogP contribution in [0, 0.1) is 0 Å². The SMILES string of the molecule is CCOc1cc(/C=C2\N=C(c3ccc(Br)cc3)OC2=O)cc(Br)c1OC(=O)c1ccccc1. The molecule has 0 unspecified atom stereocenters. The van der Waals surface area contributed by atoms with Crippen molar-refractivity contribution in [1.82, 2.24) is 0 Å². The molecular weight excluding hydrogens is 554 g/mol. The van der Waals surface area contributed by atoms with Gasteiger partial charge in [-0.05, 0) is 83.0 Å². The molecule has 0 fully saturated rings. The van der Waals surface area contributed by atoms with Crippen LogP contribution in [0.25, 0.3) is 6.08 Å². The van der Waals surface area contributed by atoms with Gasteiger partial charge in [0.2, 0.25) is 5.90 Å². The van der Waals surface area contributed by atoms with Crippen molar-refractivity contribution in [2.24, 2.45) is 4.99 Å². The monoisotopic (exact) mass is 569 g/mol. The minimum atomic E-state index is -0.554. The lowest BCUT2D eigenvalue weighted by molar-refractivity contribution is -0.129. The third kappa shape index (κ3) is 5.40. The Hall–Kier alpha value is -3.23. The van der Waals surface area contributed by atoms with Gasteiger partial charge >= 0.3 is 11.9 Å². The van der Waals surface area contributed by atoms with Gasteiger partial charge < -0.3 is 14.2 Å². The highest BCUT2D eigenvalue weighted by Crippen LogP contribution is 2.38. The summed E-state index contributed by atoms with van der Waals surface area (Å²) in [4.78, 5) is 29.2.